The van der Waals surface area contributed by atoms with Crippen LogP contribution < -0.4 is 19.6 Å². The molecule has 496 valence electrons. The molecule has 20 heteroatoms. The Bertz CT molecular complexity index is 3020. The lowest BCUT2D eigenvalue weighted by Crippen LogP contribution is -2.32. The van der Waals surface area contributed by atoms with Gasteiger partial charge in [0.15, 0.2) is 0 Å². The molecule has 2 unspecified atom stereocenters. The Kier molecular flexibility index (Phi) is 25.3. The van der Waals surface area contributed by atoms with Crippen molar-refractivity contribution in [2.75, 3.05) is 98.4 Å². The van der Waals surface area contributed by atoms with Crippen LogP contribution in [0.3, 0.4) is 0 Å². The summed E-state index contributed by atoms with van der Waals surface area (Å²) in [5.41, 5.74) is 4.10. The van der Waals surface area contributed by atoms with Crippen molar-refractivity contribution < 1.29 is 38.0 Å². The van der Waals surface area contributed by atoms with E-state index in [1.54, 1.807) is 98.1 Å². The van der Waals surface area contributed by atoms with E-state index in [2.05, 4.69) is 59.5 Å². The molecule has 0 saturated carbocycles. The number of rotatable bonds is 16. The summed E-state index contributed by atoms with van der Waals surface area (Å²) in [5.74, 6) is 1.83. The zero-order valence-corrected chi connectivity index (χ0v) is 53.5. The highest BCUT2D eigenvalue weighted by atomic mass is 19.1. The number of nitrogens with zero attached hydrogens (tertiary/aromatic N) is 12. The summed E-state index contributed by atoms with van der Waals surface area (Å²) in [6.45, 7) is 15.3. The molecule has 4 aromatic carbocycles. The summed E-state index contributed by atoms with van der Waals surface area (Å²) < 4.78 is 52.6. The molecule has 0 radical (unpaired) electrons. The molecule has 0 spiro atoms. The Labute approximate surface area is 546 Å². The first kappa shape index (κ1) is 70.8. The second-order valence-electron chi connectivity index (χ2n) is 25.3. The molecule has 4 aliphatic heterocycles. The molecule has 0 amide bonds. The van der Waals surface area contributed by atoms with Crippen LogP contribution in [0.5, 0.6) is 0 Å². The summed E-state index contributed by atoms with van der Waals surface area (Å²) in [6, 6.07) is 24.9. The molecule has 12 rings (SSSR count). The van der Waals surface area contributed by atoms with Crippen LogP contribution in [0.1, 0.15) is 157 Å². The molecule has 93 heavy (non-hydrogen) atoms. The van der Waals surface area contributed by atoms with Crippen molar-refractivity contribution in [3.8, 4) is 0 Å². The van der Waals surface area contributed by atoms with Crippen LogP contribution in [0.2, 0.25) is 0 Å². The van der Waals surface area contributed by atoms with Gasteiger partial charge in [0.1, 0.15) is 23.3 Å². The summed E-state index contributed by atoms with van der Waals surface area (Å²) >= 11 is 0. The minimum Gasteiger partial charge on any atom is -0.395 e. The fourth-order valence-corrected chi connectivity index (χ4v) is 12.1. The first-order valence-electron chi connectivity index (χ1n) is 32.3. The van der Waals surface area contributed by atoms with E-state index in [4.69, 9.17) is 0 Å². The minimum absolute atomic E-state index is 0. The number of piperidine rings is 4. The molecule has 4 saturated heterocycles. The SMILES string of the molecule is C.CC(CO)(c1ccc(F)cc1)c1cnc(N2CCCCC2)nc1.CC(CO)(c1ccc(F)cc1)c1cnc(N2CCCCC2)nc1.C[C@@](CO)(c1ccc(F)cc1)c1cnc(N2CCCCC2)nc1.C[C@](CO)(c1ccc(F)cc1)c1cnc(N2CCCCC2)nc1. The summed E-state index contributed by atoms with van der Waals surface area (Å²) in [6.07, 6.45) is 28.7. The molecule has 4 aromatic heterocycles. The molecule has 0 aliphatic carbocycles. The van der Waals surface area contributed by atoms with Gasteiger partial charge in [0.2, 0.25) is 23.8 Å². The van der Waals surface area contributed by atoms with Gasteiger partial charge in [-0.2, -0.15) is 0 Å². The zero-order chi connectivity index (χ0) is 65.1. The van der Waals surface area contributed by atoms with Gasteiger partial charge in [-0.1, -0.05) is 56.0 Å². The van der Waals surface area contributed by atoms with Gasteiger partial charge in [0.25, 0.3) is 0 Å². The van der Waals surface area contributed by atoms with E-state index in [1.807, 2.05) is 27.7 Å². The van der Waals surface area contributed by atoms with Gasteiger partial charge in [0, 0.05) is 146 Å². The van der Waals surface area contributed by atoms with Crippen molar-refractivity contribution in [1.82, 2.24) is 39.9 Å². The van der Waals surface area contributed by atoms with Crippen molar-refractivity contribution in [2.24, 2.45) is 0 Å². The number of halogens is 4. The average Bonchev–Trinajstić information content (AvgIpc) is 1.13. The first-order valence-corrected chi connectivity index (χ1v) is 32.3. The zero-order valence-electron chi connectivity index (χ0n) is 53.5. The number of aliphatic hydroxyl groups is 4. The topological polar surface area (TPSA) is 197 Å². The van der Waals surface area contributed by atoms with Crippen LogP contribution in [0.25, 0.3) is 0 Å². The number of aliphatic hydroxyl groups excluding tert-OH is 4. The molecule has 16 nitrogen and oxygen atoms in total. The van der Waals surface area contributed by atoms with Crippen molar-refractivity contribution in [3.05, 3.63) is 214 Å². The Morgan fingerprint density at radius 1 is 0.269 bits per heavy atom. The van der Waals surface area contributed by atoms with Crippen molar-refractivity contribution in [1.29, 1.82) is 0 Å². The van der Waals surface area contributed by atoms with Crippen molar-refractivity contribution >= 4 is 23.8 Å². The van der Waals surface area contributed by atoms with E-state index < -0.39 is 21.7 Å². The predicted octanol–water partition coefficient (Wildman–Crippen LogP) is 12.3. The van der Waals surface area contributed by atoms with Crippen LogP contribution in [0.15, 0.2) is 147 Å². The molecule has 8 heterocycles. The van der Waals surface area contributed by atoms with Gasteiger partial charge >= 0.3 is 0 Å². The highest BCUT2D eigenvalue weighted by Crippen LogP contribution is 2.36. The molecule has 4 atom stereocenters. The van der Waals surface area contributed by atoms with E-state index in [0.29, 0.717) is 0 Å². The lowest BCUT2D eigenvalue weighted by Gasteiger charge is -2.30. The third kappa shape index (κ3) is 17.4. The van der Waals surface area contributed by atoms with Crippen molar-refractivity contribution in [2.45, 2.75) is 134 Å². The maximum atomic E-state index is 13.1. The number of hydrogen-bond acceptors (Lipinski definition) is 16. The van der Waals surface area contributed by atoms with Gasteiger partial charge in [0.05, 0.1) is 26.4 Å². The number of benzene rings is 4. The monoisotopic (exact) mass is 1280 g/mol. The average molecular weight is 1280 g/mol. The predicted molar refractivity (Wildman–Crippen MR) is 359 cm³/mol. The summed E-state index contributed by atoms with van der Waals surface area (Å²) in [7, 11) is 0. The minimum atomic E-state index is -0.645. The smallest absolute Gasteiger partial charge is 0.225 e. The molecule has 4 aliphatic rings. The Morgan fingerprint density at radius 2 is 0.419 bits per heavy atom. The van der Waals surface area contributed by atoms with Crippen LogP contribution in [0, 0.1) is 23.3 Å². The lowest BCUT2D eigenvalue weighted by atomic mass is 9.78. The van der Waals surface area contributed by atoms with E-state index in [9.17, 15) is 38.0 Å². The maximum absolute atomic E-state index is 13.1. The molecular weight excluding hydrogens is 1180 g/mol. The summed E-state index contributed by atoms with van der Waals surface area (Å²) in [5, 5.41) is 39.7. The Hall–Kier alpha value is -8.04. The van der Waals surface area contributed by atoms with E-state index in [0.717, 1.165) is 121 Å². The molecule has 4 N–H and O–H groups in total. The first-order chi connectivity index (χ1) is 44.5. The molecule has 0 bridgehead atoms. The van der Waals surface area contributed by atoms with Crippen LogP contribution >= 0.6 is 0 Å². The number of anilines is 4. The quantitative estimate of drug-likeness (QED) is 0.0666. The van der Waals surface area contributed by atoms with Gasteiger partial charge in [-0.25, -0.2) is 57.4 Å². The van der Waals surface area contributed by atoms with E-state index in [-0.39, 0.29) is 57.1 Å². The fourth-order valence-electron chi connectivity index (χ4n) is 12.1. The van der Waals surface area contributed by atoms with Gasteiger partial charge < -0.3 is 40.0 Å². The second-order valence-corrected chi connectivity index (χ2v) is 25.3. The highest BCUT2D eigenvalue weighted by molar-refractivity contribution is 5.44. The number of hydrogen-bond donors (Lipinski definition) is 4. The third-order valence-electron chi connectivity index (χ3n) is 18.8. The van der Waals surface area contributed by atoms with Crippen LogP contribution in [0.4, 0.5) is 41.4 Å². The largest absolute Gasteiger partial charge is 0.395 e. The summed E-state index contributed by atoms with van der Waals surface area (Å²) in [4.78, 5) is 44.7. The van der Waals surface area contributed by atoms with Crippen LogP contribution in [-0.4, -0.2) is 139 Å². The highest BCUT2D eigenvalue weighted by Gasteiger charge is 2.34. The fraction of sp³-hybridized carbons (Fsp3) is 0.452. The van der Waals surface area contributed by atoms with Crippen LogP contribution in [-0.2, 0) is 21.7 Å². The molecular formula is C73H92F4N12O4. The van der Waals surface area contributed by atoms with Gasteiger partial charge in [-0.05, 0) is 176 Å². The normalized spacial score (nSPS) is 17.6. The standard InChI is InChI=1S/4C18H22FN3O.CH4/c4*1-18(13-23,14-5-7-16(19)8-6-14)15-11-20-17(21-12-15)22-9-3-2-4-10-22;/h4*5-8,11-12,23H,2-4,9-10,13H2,1H3;1H4/t2*18-;;;/m10.../s1. The Balaban J connectivity index is 0.000000159. The third-order valence-corrected chi connectivity index (χ3v) is 18.8. The van der Waals surface area contributed by atoms with Crippen molar-refractivity contribution in [3.63, 3.8) is 0 Å². The second kappa shape index (κ2) is 33.2. The van der Waals surface area contributed by atoms with E-state index >= 15 is 0 Å². The van der Waals surface area contributed by atoms with E-state index in [1.165, 1.54) is 126 Å². The van der Waals surface area contributed by atoms with Gasteiger partial charge in [-0.15, -0.1) is 0 Å². The maximum Gasteiger partial charge on any atom is 0.225 e. The Morgan fingerprint density at radius 3 is 0.559 bits per heavy atom. The molecule has 4 fully saturated rings. The number of aromatic nitrogens is 8. The lowest BCUT2D eigenvalue weighted by molar-refractivity contribution is 0.230. The van der Waals surface area contributed by atoms with Gasteiger partial charge in [-0.3, -0.25) is 0 Å². The molecule has 8 aromatic rings.